The van der Waals surface area contributed by atoms with Gasteiger partial charge in [-0.1, -0.05) is 44.9 Å². The van der Waals surface area contributed by atoms with Crippen molar-refractivity contribution in [2.75, 3.05) is 6.61 Å². The van der Waals surface area contributed by atoms with Gasteiger partial charge in [-0.15, -0.1) is 0 Å². The van der Waals surface area contributed by atoms with Crippen molar-refractivity contribution < 1.29 is 34.3 Å². The summed E-state index contributed by atoms with van der Waals surface area (Å²) in [5.74, 6) is -2.14. The van der Waals surface area contributed by atoms with Crippen LogP contribution in [0.5, 0.6) is 0 Å². The van der Waals surface area contributed by atoms with E-state index in [-0.39, 0.29) is 17.9 Å². The van der Waals surface area contributed by atoms with Crippen molar-refractivity contribution >= 4 is 0 Å². The highest BCUT2D eigenvalue weighted by Crippen LogP contribution is 2.69. The first kappa shape index (κ1) is 20.6. The molecule has 176 valence electrons. The summed E-state index contributed by atoms with van der Waals surface area (Å²) in [5.41, 5.74) is 1.41. The number of hydrogen-bond donors (Lipinski definition) is 3. The maximum atomic E-state index is 12.0. The first-order valence-electron chi connectivity index (χ1n) is 12.2. The molecular weight excluding hydrogens is 412 g/mol. The Labute approximate surface area is 188 Å². The van der Waals surface area contributed by atoms with Crippen LogP contribution in [0.15, 0.2) is 22.8 Å². The van der Waals surface area contributed by atoms with Gasteiger partial charge in [-0.3, -0.25) is 0 Å². The third-order valence-electron chi connectivity index (χ3n) is 10.3. The largest absolute Gasteiger partial charge is 0.388 e. The smallest absolute Gasteiger partial charge is 0.233 e. The third kappa shape index (κ3) is 2.02. The summed E-state index contributed by atoms with van der Waals surface area (Å²) < 4.78 is 24.4. The van der Waals surface area contributed by atoms with Gasteiger partial charge in [0.2, 0.25) is 5.79 Å². The predicted octanol–water partition coefficient (Wildman–Crippen LogP) is 2.00. The van der Waals surface area contributed by atoms with Crippen LogP contribution in [0.3, 0.4) is 0 Å². The molecule has 0 aromatic rings. The number of hydrogen-bond acceptors (Lipinski definition) is 7. The Morgan fingerprint density at radius 1 is 1.06 bits per heavy atom. The van der Waals surface area contributed by atoms with Gasteiger partial charge in [0.25, 0.3) is 0 Å². The number of fused-ring (bicyclic) bond motifs is 6. The SMILES string of the molecule is CC(C)C1=C2C3C(O)C=C4C5OC6COC7OC(C4C7(O)C6(O)O5)C3(C)CCC2(C)CC1. The van der Waals surface area contributed by atoms with E-state index in [1.807, 2.05) is 6.08 Å². The van der Waals surface area contributed by atoms with E-state index in [9.17, 15) is 15.3 Å². The van der Waals surface area contributed by atoms with E-state index in [0.717, 1.165) is 25.7 Å². The van der Waals surface area contributed by atoms with E-state index in [1.54, 1.807) is 0 Å². The Hall–Kier alpha value is -0.800. The highest BCUT2D eigenvalue weighted by atomic mass is 16.8. The summed E-state index contributed by atoms with van der Waals surface area (Å²) in [4.78, 5) is 0. The predicted molar refractivity (Wildman–Crippen MR) is 112 cm³/mol. The van der Waals surface area contributed by atoms with Crippen molar-refractivity contribution in [3.63, 3.8) is 0 Å². The number of aliphatic hydroxyl groups excluding tert-OH is 1. The summed E-state index contributed by atoms with van der Waals surface area (Å²) in [6, 6.07) is 0. The minimum absolute atomic E-state index is 0.0762. The maximum Gasteiger partial charge on any atom is 0.233 e. The zero-order valence-corrected chi connectivity index (χ0v) is 19.2. The second-order valence-electron chi connectivity index (χ2n) is 12.1. The summed E-state index contributed by atoms with van der Waals surface area (Å²) in [7, 11) is 0. The van der Waals surface area contributed by atoms with Gasteiger partial charge in [0.1, 0.15) is 6.10 Å². The molecule has 11 atom stereocenters. The minimum atomic E-state index is -1.88. The van der Waals surface area contributed by atoms with Crippen molar-refractivity contribution in [3.05, 3.63) is 22.8 Å². The van der Waals surface area contributed by atoms with E-state index in [0.29, 0.717) is 11.5 Å². The van der Waals surface area contributed by atoms with Gasteiger partial charge >= 0.3 is 0 Å². The van der Waals surface area contributed by atoms with Crippen LogP contribution in [0.4, 0.5) is 0 Å². The topological polar surface area (TPSA) is 97.6 Å². The summed E-state index contributed by atoms with van der Waals surface area (Å²) >= 11 is 0. The second kappa shape index (κ2) is 5.88. The lowest BCUT2D eigenvalue weighted by molar-refractivity contribution is -0.378. The molecule has 0 aromatic carbocycles. The van der Waals surface area contributed by atoms with Gasteiger partial charge < -0.3 is 34.3 Å². The van der Waals surface area contributed by atoms with Crippen LogP contribution >= 0.6 is 0 Å². The van der Waals surface area contributed by atoms with Crippen molar-refractivity contribution in [1.29, 1.82) is 0 Å². The molecule has 4 saturated heterocycles. The van der Waals surface area contributed by atoms with Crippen LogP contribution in [-0.4, -0.2) is 64.2 Å². The zero-order valence-electron chi connectivity index (χ0n) is 19.2. The second-order valence-corrected chi connectivity index (χ2v) is 12.1. The molecule has 2 bridgehead atoms. The molecule has 32 heavy (non-hydrogen) atoms. The third-order valence-corrected chi connectivity index (χ3v) is 10.3. The molecule has 4 heterocycles. The van der Waals surface area contributed by atoms with Crippen molar-refractivity contribution in [1.82, 2.24) is 0 Å². The standard InChI is InChI=1S/C25H34O7/c1-11(2)12-5-6-22(3)7-8-23(4)18(16(12)22)14(26)9-13-17-19(23)31-21-24(17,27)25(28)15(10-29-21)30-20(13)32-25/h9,11,14-15,17-21,26-28H,5-8,10H2,1-4H3. The van der Waals surface area contributed by atoms with Crippen LogP contribution in [-0.2, 0) is 18.9 Å². The number of rotatable bonds is 1. The molecule has 3 aliphatic carbocycles. The molecule has 4 aliphatic heterocycles. The van der Waals surface area contributed by atoms with Gasteiger partial charge in [-0.25, -0.2) is 0 Å². The molecule has 1 saturated carbocycles. The highest BCUT2D eigenvalue weighted by Gasteiger charge is 2.82. The van der Waals surface area contributed by atoms with Crippen molar-refractivity contribution in [2.45, 2.75) is 95.7 Å². The Morgan fingerprint density at radius 3 is 2.59 bits per heavy atom. The van der Waals surface area contributed by atoms with Crippen LogP contribution in [0.1, 0.15) is 53.4 Å². The first-order valence-corrected chi connectivity index (χ1v) is 12.2. The van der Waals surface area contributed by atoms with Crippen LogP contribution in [0.25, 0.3) is 0 Å². The molecule has 7 heteroatoms. The monoisotopic (exact) mass is 446 g/mol. The Bertz CT molecular complexity index is 958. The molecule has 3 N–H and O–H groups in total. The van der Waals surface area contributed by atoms with Crippen molar-refractivity contribution in [3.8, 4) is 0 Å². The van der Waals surface area contributed by atoms with E-state index in [1.165, 1.54) is 11.1 Å². The van der Waals surface area contributed by atoms with E-state index in [2.05, 4.69) is 27.7 Å². The van der Waals surface area contributed by atoms with Gasteiger partial charge in [0.15, 0.2) is 18.2 Å². The number of aliphatic hydroxyl groups is 3. The van der Waals surface area contributed by atoms with Gasteiger partial charge in [0, 0.05) is 11.3 Å². The van der Waals surface area contributed by atoms with Gasteiger partial charge in [-0.2, -0.15) is 0 Å². The molecular formula is C25H34O7. The zero-order chi connectivity index (χ0) is 22.4. The molecule has 7 aliphatic rings. The fraction of sp³-hybridized carbons (Fsp3) is 0.840. The van der Waals surface area contributed by atoms with Crippen LogP contribution in [0.2, 0.25) is 0 Å². The fourth-order valence-corrected chi connectivity index (χ4v) is 8.58. The molecule has 0 aromatic heterocycles. The maximum absolute atomic E-state index is 12.0. The minimum Gasteiger partial charge on any atom is -0.388 e. The Balaban J connectivity index is 1.46. The molecule has 7 rings (SSSR count). The molecule has 0 radical (unpaired) electrons. The lowest BCUT2D eigenvalue weighted by Gasteiger charge is -2.54. The average molecular weight is 447 g/mol. The molecule has 11 unspecified atom stereocenters. The number of ether oxygens (including phenoxy) is 4. The molecule has 7 nitrogen and oxygen atoms in total. The lowest BCUT2D eigenvalue weighted by Crippen LogP contribution is -2.73. The van der Waals surface area contributed by atoms with E-state index >= 15 is 0 Å². The molecule has 0 amide bonds. The van der Waals surface area contributed by atoms with Gasteiger partial charge in [-0.05, 0) is 42.6 Å². The summed E-state index contributed by atoms with van der Waals surface area (Å²) in [6.07, 6.45) is 2.17. The van der Waals surface area contributed by atoms with Crippen LogP contribution in [0, 0.1) is 28.6 Å². The van der Waals surface area contributed by atoms with E-state index < -0.39 is 53.6 Å². The molecule has 0 spiro atoms. The van der Waals surface area contributed by atoms with E-state index in [4.69, 9.17) is 18.9 Å². The average Bonchev–Trinajstić information content (AvgIpc) is 3.34. The van der Waals surface area contributed by atoms with Crippen molar-refractivity contribution in [2.24, 2.45) is 28.6 Å². The lowest BCUT2D eigenvalue weighted by atomic mass is 9.52. The summed E-state index contributed by atoms with van der Waals surface area (Å²) in [6.45, 7) is 9.13. The van der Waals surface area contributed by atoms with Gasteiger partial charge in [0.05, 0.1) is 24.7 Å². The Morgan fingerprint density at radius 2 is 1.84 bits per heavy atom. The normalized spacial score (nSPS) is 59.8. The summed E-state index contributed by atoms with van der Waals surface area (Å²) in [5, 5.41) is 35.2. The quantitative estimate of drug-likeness (QED) is 0.530. The first-order chi connectivity index (χ1) is 15.0. The highest BCUT2D eigenvalue weighted by molar-refractivity contribution is 5.42. The molecule has 5 fully saturated rings. The fourth-order valence-electron chi connectivity index (χ4n) is 8.58. The number of allylic oxidation sites excluding steroid dienone is 1. The Kier molecular flexibility index (Phi) is 3.78. The van der Waals surface area contributed by atoms with Crippen LogP contribution < -0.4 is 0 Å².